The van der Waals surface area contributed by atoms with Gasteiger partial charge in [-0.2, -0.15) is 0 Å². The molecule has 1 aromatic heterocycles. The Balaban J connectivity index is 2.22. The van der Waals surface area contributed by atoms with Crippen molar-refractivity contribution in [3.05, 3.63) is 42.1 Å². The van der Waals surface area contributed by atoms with Gasteiger partial charge in [0.25, 0.3) is 0 Å². The van der Waals surface area contributed by atoms with Crippen LogP contribution in [0.1, 0.15) is 11.6 Å². The van der Waals surface area contributed by atoms with E-state index >= 15 is 0 Å². The van der Waals surface area contributed by atoms with E-state index in [-0.39, 0.29) is 11.8 Å². The topological polar surface area (TPSA) is 76.3 Å². The molecule has 0 amide bonds. The fraction of sp³-hybridized carbons (Fsp3) is 0.400. The number of likely N-dealkylation sites (N-methyl/N-ethyl adjacent to an activating group) is 1. The molecule has 0 aliphatic carbocycles. The van der Waals surface area contributed by atoms with Crippen LogP contribution in [0.25, 0.3) is 10.9 Å². The number of benzene rings is 1. The first-order valence-corrected chi connectivity index (χ1v) is 8.89. The lowest BCUT2D eigenvalue weighted by atomic mass is 10.0. The van der Waals surface area contributed by atoms with Gasteiger partial charge in [-0.3, -0.25) is 9.88 Å². The first kappa shape index (κ1) is 15.9. The molecule has 1 atom stereocenters. The second kappa shape index (κ2) is 6.51. The largest absolute Gasteiger partial charge is 0.329 e. The van der Waals surface area contributed by atoms with Gasteiger partial charge in [-0.05, 0) is 30.8 Å². The van der Waals surface area contributed by atoms with Crippen LogP contribution in [0.3, 0.4) is 0 Å². The van der Waals surface area contributed by atoms with Crippen molar-refractivity contribution in [3.63, 3.8) is 0 Å². The highest BCUT2D eigenvalue weighted by Gasteiger charge is 2.17. The van der Waals surface area contributed by atoms with Gasteiger partial charge < -0.3 is 5.73 Å². The van der Waals surface area contributed by atoms with Crippen LogP contribution in [0, 0.1) is 0 Å². The molecule has 0 fully saturated rings. The van der Waals surface area contributed by atoms with Gasteiger partial charge in [0.05, 0.1) is 11.3 Å². The molecule has 5 nitrogen and oxygen atoms in total. The molecule has 0 bridgehead atoms. The highest BCUT2D eigenvalue weighted by Crippen LogP contribution is 2.22. The van der Waals surface area contributed by atoms with Gasteiger partial charge in [-0.25, -0.2) is 8.42 Å². The van der Waals surface area contributed by atoms with Crippen LogP contribution in [0.15, 0.2) is 36.5 Å². The molecule has 2 rings (SSSR count). The van der Waals surface area contributed by atoms with Gasteiger partial charge in [0.1, 0.15) is 9.84 Å². The Labute approximate surface area is 125 Å². The molecule has 0 radical (unpaired) electrons. The zero-order chi connectivity index (χ0) is 15.5. The van der Waals surface area contributed by atoms with E-state index in [0.29, 0.717) is 13.1 Å². The lowest BCUT2D eigenvalue weighted by Gasteiger charge is -2.27. The summed E-state index contributed by atoms with van der Waals surface area (Å²) in [4.78, 5) is 6.28. The minimum absolute atomic E-state index is 0.00337. The predicted molar refractivity (Wildman–Crippen MR) is 85.9 cm³/mol. The molecule has 6 heteroatoms. The monoisotopic (exact) mass is 307 g/mol. The van der Waals surface area contributed by atoms with Crippen molar-refractivity contribution in [2.24, 2.45) is 5.73 Å². The summed E-state index contributed by atoms with van der Waals surface area (Å²) in [5.74, 6) is 0.134. The molecule has 1 unspecified atom stereocenters. The molecule has 0 saturated carbocycles. The van der Waals surface area contributed by atoms with Crippen LogP contribution in [0.5, 0.6) is 0 Å². The van der Waals surface area contributed by atoms with Gasteiger partial charge in [0, 0.05) is 37.0 Å². The third-order valence-corrected chi connectivity index (χ3v) is 4.51. The summed E-state index contributed by atoms with van der Waals surface area (Å²) >= 11 is 0. The van der Waals surface area contributed by atoms with Crippen molar-refractivity contribution in [3.8, 4) is 0 Å². The van der Waals surface area contributed by atoms with Crippen molar-refractivity contribution in [2.45, 2.75) is 6.04 Å². The molecule has 1 aromatic carbocycles. The van der Waals surface area contributed by atoms with E-state index < -0.39 is 9.84 Å². The second-order valence-corrected chi connectivity index (χ2v) is 7.58. The zero-order valence-electron chi connectivity index (χ0n) is 12.4. The van der Waals surface area contributed by atoms with Gasteiger partial charge in [0.15, 0.2) is 0 Å². The maximum atomic E-state index is 11.3. The third-order valence-electron chi connectivity index (χ3n) is 3.58. The van der Waals surface area contributed by atoms with Crippen LogP contribution >= 0.6 is 0 Å². The lowest BCUT2D eigenvalue weighted by molar-refractivity contribution is 0.264. The fourth-order valence-corrected chi connectivity index (χ4v) is 2.96. The normalized spacial score (nSPS) is 13.7. The summed E-state index contributed by atoms with van der Waals surface area (Å²) in [5, 5.41) is 1.06. The highest BCUT2D eigenvalue weighted by molar-refractivity contribution is 7.90. The van der Waals surface area contributed by atoms with Crippen LogP contribution in [0.2, 0.25) is 0 Å². The summed E-state index contributed by atoms with van der Waals surface area (Å²) in [6.07, 6.45) is 3.01. The zero-order valence-corrected chi connectivity index (χ0v) is 13.2. The molecule has 21 heavy (non-hydrogen) atoms. The number of hydrogen-bond acceptors (Lipinski definition) is 5. The first-order chi connectivity index (χ1) is 9.90. The predicted octanol–water partition coefficient (Wildman–Crippen LogP) is 1.21. The van der Waals surface area contributed by atoms with Crippen LogP contribution in [-0.2, 0) is 9.84 Å². The average Bonchev–Trinajstić information content (AvgIpc) is 2.45. The number of hydrogen-bond donors (Lipinski definition) is 1. The summed E-state index contributed by atoms with van der Waals surface area (Å²) in [5.41, 5.74) is 7.90. The van der Waals surface area contributed by atoms with E-state index in [1.165, 1.54) is 6.26 Å². The number of nitrogens with zero attached hydrogens (tertiary/aromatic N) is 2. The summed E-state index contributed by atoms with van der Waals surface area (Å²) in [6.45, 7) is 0.901. The maximum absolute atomic E-state index is 11.3. The molecular formula is C15H21N3O2S. The summed E-state index contributed by atoms with van der Waals surface area (Å²) in [6, 6.07) is 9.95. The van der Waals surface area contributed by atoms with Crippen molar-refractivity contribution < 1.29 is 8.42 Å². The number of pyridine rings is 1. The smallest absolute Gasteiger partial charge is 0.148 e. The van der Waals surface area contributed by atoms with Crippen molar-refractivity contribution in [1.82, 2.24) is 9.88 Å². The highest BCUT2D eigenvalue weighted by atomic mass is 32.2. The Morgan fingerprint density at radius 2 is 2.10 bits per heavy atom. The lowest BCUT2D eigenvalue weighted by Crippen LogP contribution is -2.34. The van der Waals surface area contributed by atoms with Crippen LogP contribution < -0.4 is 5.73 Å². The number of aromatic nitrogens is 1. The van der Waals surface area contributed by atoms with Crippen LogP contribution in [0.4, 0.5) is 0 Å². The Hall–Kier alpha value is -1.50. The summed E-state index contributed by atoms with van der Waals surface area (Å²) < 4.78 is 22.6. The molecule has 114 valence electrons. The molecule has 1 heterocycles. The van der Waals surface area contributed by atoms with Gasteiger partial charge in [-0.15, -0.1) is 0 Å². The second-order valence-electron chi connectivity index (χ2n) is 5.32. The third kappa shape index (κ3) is 4.23. The van der Waals surface area contributed by atoms with Crippen LogP contribution in [-0.4, -0.2) is 50.4 Å². The SMILES string of the molecule is CN(CCS(C)(=O)=O)C(CN)c1ccc2ncccc2c1. The van der Waals surface area contributed by atoms with Crippen molar-refractivity contribution in [2.75, 3.05) is 32.1 Å². The number of fused-ring (bicyclic) bond motifs is 1. The van der Waals surface area contributed by atoms with Crippen molar-refractivity contribution >= 4 is 20.7 Å². The number of rotatable bonds is 6. The molecule has 2 aromatic rings. The van der Waals surface area contributed by atoms with E-state index in [1.807, 2.05) is 36.2 Å². The standard InChI is InChI=1S/C15H21N3O2S/c1-18(8-9-21(2,19)20)15(11-16)13-5-6-14-12(10-13)4-3-7-17-14/h3-7,10,15H,8-9,11,16H2,1-2H3. The van der Waals surface area contributed by atoms with Crippen molar-refractivity contribution in [1.29, 1.82) is 0 Å². The number of sulfone groups is 1. The van der Waals surface area contributed by atoms with Gasteiger partial charge >= 0.3 is 0 Å². The molecule has 2 N–H and O–H groups in total. The molecule has 0 saturated heterocycles. The van der Waals surface area contributed by atoms with E-state index in [4.69, 9.17) is 5.73 Å². The Kier molecular flexibility index (Phi) is 4.92. The minimum Gasteiger partial charge on any atom is -0.329 e. The summed E-state index contributed by atoms with van der Waals surface area (Å²) in [7, 11) is -1.07. The first-order valence-electron chi connectivity index (χ1n) is 6.83. The van der Waals surface area contributed by atoms with E-state index in [0.717, 1.165) is 16.5 Å². The Morgan fingerprint density at radius 1 is 1.33 bits per heavy atom. The Bertz CT molecular complexity index is 716. The quantitative estimate of drug-likeness (QED) is 0.868. The average molecular weight is 307 g/mol. The molecule has 0 spiro atoms. The molecular weight excluding hydrogens is 286 g/mol. The number of nitrogens with two attached hydrogens (primary N) is 1. The van der Waals surface area contributed by atoms with E-state index in [2.05, 4.69) is 11.1 Å². The molecule has 0 aliphatic rings. The maximum Gasteiger partial charge on any atom is 0.148 e. The minimum atomic E-state index is -2.97. The fourth-order valence-electron chi connectivity index (χ4n) is 2.34. The van der Waals surface area contributed by atoms with Gasteiger partial charge in [-0.1, -0.05) is 12.1 Å². The van der Waals surface area contributed by atoms with E-state index in [1.54, 1.807) is 6.20 Å². The van der Waals surface area contributed by atoms with E-state index in [9.17, 15) is 8.42 Å². The Morgan fingerprint density at radius 3 is 2.76 bits per heavy atom. The molecule has 0 aliphatic heterocycles. The van der Waals surface area contributed by atoms with Gasteiger partial charge in [0.2, 0.25) is 0 Å².